The van der Waals surface area contributed by atoms with Gasteiger partial charge in [-0.1, -0.05) is 50.9 Å². The van der Waals surface area contributed by atoms with Crippen molar-refractivity contribution in [2.45, 2.75) is 39.5 Å². The van der Waals surface area contributed by atoms with Crippen LogP contribution >= 0.6 is 23.2 Å². The molecule has 0 aliphatic carbocycles. The summed E-state index contributed by atoms with van der Waals surface area (Å²) in [5, 5.41) is 18.3. The molecule has 0 fully saturated rings. The van der Waals surface area contributed by atoms with Crippen molar-refractivity contribution in [3.63, 3.8) is 0 Å². The van der Waals surface area contributed by atoms with Gasteiger partial charge in [-0.15, -0.1) is 0 Å². The smallest absolute Gasteiger partial charge is 0.238 e. The molecule has 35 heavy (non-hydrogen) atoms. The summed E-state index contributed by atoms with van der Waals surface area (Å²) in [6, 6.07) is 10.8. The summed E-state index contributed by atoms with van der Waals surface area (Å²) >= 11 is 12.1. The summed E-state index contributed by atoms with van der Waals surface area (Å²) in [5.41, 5.74) is 1.88. The van der Waals surface area contributed by atoms with Crippen LogP contribution in [0.3, 0.4) is 0 Å². The predicted octanol–water partition coefficient (Wildman–Crippen LogP) is 7.24. The zero-order valence-electron chi connectivity index (χ0n) is 20.9. The van der Waals surface area contributed by atoms with Gasteiger partial charge >= 0.3 is 0 Å². The lowest BCUT2D eigenvalue weighted by Gasteiger charge is -2.15. The minimum Gasteiger partial charge on any atom is -0.500 e. The van der Waals surface area contributed by atoms with Gasteiger partial charge in [-0.05, 0) is 24.0 Å². The monoisotopic (exact) mass is 520 g/mol. The van der Waals surface area contributed by atoms with Gasteiger partial charge in [-0.3, -0.25) is 0 Å². The average Bonchev–Trinajstić information content (AvgIpc) is 2.82. The van der Waals surface area contributed by atoms with E-state index in [9.17, 15) is 0 Å². The highest BCUT2D eigenvalue weighted by Gasteiger charge is 2.15. The molecule has 2 aromatic rings. The molecule has 0 unspecified atom stereocenters. The van der Waals surface area contributed by atoms with Crippen LogP contribution in [-0.2, 0) is 4.74 Å². The summed E-state index contributed by atoms with van der Waals surface area (Å²) in [6.45, 7) is 8.13. The number of nitriles is 2. The van der Waals surface area contributed by atoms with Crippen LogP contribution in [0.15, 0.2) is 36.3 Å². The normalized spacial score (nSPS) is 10.6. The molecule has 0 aliphatic rings. The van der Waals surface area contributed by atoms with E-state index in [0.29, 0.717) is 33.0 Å². The Bertz CT molecular complexity index is 1100. The molecule has 0 bridgehead atoms. The molecule has 0 spiro atoms. The number of benzene rings is 2. The summed E-state index contributed by atoms with van der Waals surface area (Å²) in [4.78, 5) is 0. The average molecular weight is 521 g/mol. The first-order valence-corrected chi connectivity index (χ1v) is 11.4. The van der Waals surface area contributed by atoms with Gasteiger partial charge < -0.3 is 23.7 Å². The van der Waals surface area contributed by atoms with Crippen LogP contribution in [0.25, 0.3) is 0 Å². The van der Waals surface area contributed by atoms with E-state index in [1.807, 2.05) is 52.0 Å². The molecule has 2 rings (SSSR count). The number of ether oxygens (including phenoxy) is 5. The molecule has 0 atom stereocenters. The molecular formula is C26H30Cl2N2O5. The number of halogens is 2. The van der Waals surface area contributed by atoms with Gasteiger partial charge in [0.05, 0.1) is 31.4 Å². The van der Waals surface area contributed by atoms with E-state index < -0.39 is 0 Å². The molecule has 0 aromatic heterocycles. The Morgan fingerprint density at radius 1 is 0.829 bits per heavy atom. The van der Waals surface area contributed by atoms with Crippen LogP contribution in [0.2, 0.25) is 10.0 Å². The quantitative estimate of drug-likeness (QED) is 0.254. The topological polar surface area (TPSA) is 93.7 Å². The Labute approximate surface area is 217 Å². The van der Waals surface area contributed by atoms with Gasteiger partial charge in [0.2, 0.25) is 5.76 Å². The van der Waals surface area contributed by atoms with Gasteiger partial charge in [0.15, 0.2) is 6.61 Å². The van der Waals surface area contributed by atoms with Crippen LogP contribution in [-0.4, -0.2) is 27.9 Å². The standard InChI is InChI=1S/C14H16ClNO3.C12H14ClNO2/c1-9(2)11-5-14(18-4)12(15)6-13(11)19-10(7-16)8-17-3;1-8(2)9-6-12(15-3)10(13)7-11(9)16-5-4-14/h5-6,8-9H,1-4H3;6-8H,5H2,1-3H3/b10-8+;. The number of methoxy groups -OCH3 is 3. The van der Waals surface area contributed by atoms with E-state index in [1.165, 1.54) is 13.4 Å². The van der Waals surface area contributed by atoms with Gasteiger partial charge in [-0.2, -0.15) is 10.5 Å². The van der Waals surface area contributed by atoms with E-state index in [2.05, 4.69) is 0 Å². The number of rotatable bonds is 9. The number of hydrogen-bond donors (Lipinski definition) is 0. The summed E-state index contributed by atoms with van der Waals surface area (Å²) in [6.07, 6.45) is 1.24. The second kappa shape index (κ2) is 14.9. The largest absolute Gasteiger partial charge is 0.500 e. The zero-order chi connectivity index (χ0) is 26.5. The first-order valence-electron chi connectivity index (χ1n) is 10.7. The molecule has 7 nitrogen and oxygen atoms in total. The summed E-state index contributed by atoms with van der Waals surface area (Å²) in [7, 11) is 4.57. The molecule has 0 radical (unpaired) electrons. The second-order valence-electron chi connectivity index (χ2n) is 7.74. The third-order valence-electron chi connectivity index (χ3n) is 4.66. The zero-order valence-corrected chi connectivity index (χ0v) is 22.5. The third kappa shape index (κ3) is 8.79. The molecule has 0 amide bonds. The second-order valence-corrected chi connectivity index (χ2v) is 8.55. The molecule has 0 N–H and O–H groups in total. The fourth-order valence-corrected chi connectivity index (χ4v) is 3.40. The highest BCUT2D eigenvalue weighted by Crippen LogP contribution is 2.37. The van der Waals surface area contributed by atoms with E-state index in [-0.39, 0.29) is 24.2 Å². The van der Waals surface area contributed by atoms with Crippen molar-refractivity contribution in [2.24, 2.45) is 0 Å². The molecule has 0 saturated carbocycles. The summed E-state index contributed by atoms with van der Waals surface area (Å²) < 4.78 is 25.9. The fourth-order valence-electron chi connectivity index (χ4n) is 2.94. The lowest BCUT2D eigenvalue weighted by atomic mass is 10.0. The van der Waals surface area contributed by atoms with Crippen LogP contribution in [0.5, 0.6) is 23.0 Å². The molecule has 0 aliphatic heterocycles. The van der Waals surface area contributed by atoms with Crippen molar-refractivity contribution < 1.29 is 23.7 Å². The maximum atomic E-state index is 8.94. The van der Waals surface area contributed by atoms with Crippen LogP contribution in [0, 0.1) is 22.7 Å². The lowest BCUT2D eigenvalue weighted by molar-refractivity contribution is 0.309. The van der Waals surface area contributed by atoms with E-state index in [0.717, 1.165) is 11.1 Å². The fraction of sp³-hybridized carbons (Fsp3) is 0.385. The Hall–Kier alpha value is -3.26. The SMILES string of the molecule is CO/C=C(\C#N)Oc1cc(Cl)c(OC)cc1C(C)C.COc1cc(C(C)C)c(OCC#N)cc1Cl. The van der Waals surface area contributed by atoms with Crippen molar-refractivity contribution in [3.8, 4) is 35.1 Å². The van der Waals surface area contributed by atoms with Gasteiger partial charge in [-0.25, -0.2) is 0 Å². The highest BCUT2D eigenvalue weighted by molar-refractivity contribution is 6.32. The maximum absolute atomic E-state index is 8.94. The highest BCUT2D eigenvalue weighted by atomic mass is 35.5. The molecule has 0 heterocycles. The van der Waals surface area contributed by atoms with Crippen molar-refractivity contribution in [3.05, 3.63) is 57.5 Å². The predicted molar refractivity (Wildman–Crippen MR) is 137 cm³/mol. The third-order valence-corrected chi connectivity index (χ3v) is 5.25. The van der Waals surface area contributed by atoms with E-state index in [4.69, 9.17) is 57.4 Å². The van der Waals surface area contributed by atoms with Crippen molar-refractivity contribution in [2.75, 3.05) is 27.9 Å². The molecule has 0 saturated heterocycles. The van der Waals surface area contributed by atoms with Gasteiger partial charge in [0.25, 0.3) is 0 Å². The Kier molecular flexibility index (Phi) is 12.7. The Morgan fingerprint density at radius 2 is 1.31 bits per heavy atom. The van der Waals surface area contributed by atoms with Crippen molar-refractivity contribution in [1.29, 1.82) is 10.5 Å². The molecule has 188 valence electrons. The van der Waals surface area contributed by atoms with Crippen LogP contribution in [0.1, 0.15) is 50.7 Å². The first-order chi connectivity index (χ1) is 16.6. The van der Waals surface area contributed by atoms with Crippen molar-refractivity contribution in [1.82, 2.24) is 0 Å². The molecule has 2 aromatic carbocycles. The molecular weight excluding hydrogens is 491 g/mol. The number of nitrogens with zero attached hydrogens (tertiary/aromatic N) is 2. The van der Waals surface area contributed by atoms with Crippen LogP contribution in [0.4, 0.5) is 0 Å². The van der Waals surface area contributed by atoms with Gasteiger partial charge in [0, 0.05) is 23.3 Å². The van der Waals surface area contributed by atoms with Crippen molar-refractivity contribution >= 4 is 23.2 Å². The minimum atomic E-state index is 0.0162. The van der Waals surface area contributed by atoms with E-state index >= 15 is 0 Å². The summed E-state index contributed by atoms with van der Waals surface area (Å²) in [5.74, 6) is 2.89. The lowest BCUT2D eigenvalue weighted by Crippen LogP contribution is -2.00. The van der Waals surface area contributed by atoms with E-state index in [1.54, 1.807) is 26.4 Å². The Morgan fingerprint density at radius 3 is 1.71 bits per heavy atom. The number of allylic oxidation sites excluding steroid dienone is 1. The van der Waals surface area contributed by atoms with Gasteiger partial charge in [0.1, 0.15) is 41.4 Å². The maximum Gasteiger partial charge on any atom is 0.238 e. The van der Waals surface area contributed by atoms with Crippen LogP contribution < -0.4 is 18.9 Å². The minimum absolute atomic E-state index is 0.0162. The number of hydrogen-bond acceptors (Lipinski definition) is 7. The molecule has 9 heteroatoms. The first kappa shape index (κ1) is 29.8. The Balaban J connectivity index is 0.000000355.